The number of halogens is 2. The zero-order chi connectivity index (χ0) is 23.1. The third kappa shape index (κ3) is 3.92. The van der Waals surface area contributed by atoms with Crippen LogP contribution in [0.15, 0.2) is 71.9 Å². The van der Waals surface area contributed by atoms with Crippen LogP contribution in [0, 0.1) is 0 Å². The Morgan fingerprint density at radius 3 is 2.45 bits per heavy atom. The van der Waals surface area contributed by atoms with Crippen molar-refractivity contribution < 1.29 is 14.6 Å². The van der Waals surface area contributed by atoms with E-state index in [1.165, 1.54) is 7.11 Å². The highest BCUT2D eigenvalue weighted by molar-refractivity contribution is 6.32. The first-order chi connectivity index (χ1) is 16.0. The van der Waals surface area contributed by atoms with Crippen LogP contribution in [0.4, 0.5) is 11.4 Å². The molecule has 0 fully saturated rings. The number of para-hydroxylation sites is 2. The Hall–Kier alpha value is -3.15. The maximum Gasteiger partial charge on any atom is 0.176 e. The van der Waals surface area contributed by atoms with Crippen molar-refractivity contribution in [1.82, 2.24) is 0 Å². The number of aromatic hydroxyl groups is 1. The monoisotopic (exact) mass is 480 g/mol. The molecule has 0 saturated heterocycles. The summed E-state index contributed by atoms with van der Waals surface area (Å²) in [6.07, 6.45) is 0.988. The van der Waals surface area contributed by atoms with Gasteiger partial charge in [0, 0.05) is 22.7 Å². The number of ketones is 1. The number of phenols is 1. The third-order valence-electron chi connectivity index (χ3n) is 6.26. The molecule has 0 bridgehead atoms. The lowest BCUT2D eigenvalue weighted by molar-refractivity contribution is -0.116. The number of phenolic OH excluding ortho intramolecular Hbond substituents is 1. The molecular weight excluding hydrogens is 459 g/mol. The first kappa shape index (κ1) is 21.7. The fourth-order valence-electron chi connectivity index (χ4n) is 4.68. The number of ether oxygens (including phenoxy) is 1. The summed E-state index contributed by atoms with van der Waals surface area (Å²) in [6, 6.07) is 18.4. The molecule has 0 amide bonds. The number of fused-ring (bicyclic) bond motifs is 1. The highest BCUT2D eigenvalue weighted by Gasteiger charge is 2.37. The molecule has 5 nitrogen and oxygen atoms in total. The van der Waals surface area contributed by atoms with E-state index >= 15 is 0 Å². The van der Waals surface area contributed by atoms with Gasteiger partial charge in [0.1, 0.15) is 0 Å². The second kappa shape index (κ2) is 8.65. The quantitative estimate of drug-likeness (QED) is 0.389. The van der Waals surface area contributed by atoms with E-state index in [1.807, 2.05) is 48.5 Å². The Bertz CT molecular complexity index is 1290. The molecule has 3 aromatic carbocycles. The largest absolute Gasteiger partial charge is 0.503 e. The van der Waals surface area contributed by atoms with Crippen molar-refractivity contribution in [2.24, 2.45) is 0 Å². The molecule has 33 heavy (non-hydrogen) atoms. The van der Waals surface area contributed by atoms with Gasteiger partial charge in [0.15, 0.2) is 17.3 Å². The van der Waals surface area contributed by atoms with Gasteiger partial charge in [0.25, 0.3) is 0 Å². The molecule has 1 aliphatic carbocycles. The lowest BCUT2D eigenvalue weighted by atomic mass is 9.78. The molecule has 1 heterocycles. The summed E-state index contributed by atoms with van der Waals surface area (Å²) in [4.78, 5) is 13.6. The van der Waals surface area contributed by atoms with Gasteiger partial charge < -0.3 is 20.5 Å². The number of hydrogen-bond acceptors (Lipinski definition) is 5. The molecule has 168 valence electrons. The van der Waals surface area contributed by atoms with E-state index in [2.05, 4.69) is 10.6 Å². The highest BCUT2D eigenvalue weighted by atomic mass is 35.5. The van der Waals surface area contributed by atoms with Crippen LogP contribution in [-0.2, 0) is 4.79 Å². The van der Waals surface area contributed by atoms with Crippen LogP contribution in [0.5, 0.6) is 11.5 Å². The predicted molar refractivity (Wildman–Crippen MR) is 132 cm³/mol. The van der Waals surface area contributed by atoms with Crippen LogP contribution in [0.25, 0.3) is 0 Å². The van der Waals surface area contributed by atoms with Crippen molar-refractivity contribution in [3.8, 4) is 11.5 Å². The predicted octanol–water partition coefficient (Wildman–Crippen LogP) is 6.69. The van der Waals surface area contributed by atoms with Gasteiger partial charge >= 0.3 is 0 Å². The van der Waals surface area contributed by atoms with Gasteiger partial charge in [-0.25, -0.2) is 0 Å². The van der Waals surface area contributed by atoms with Crippen molar-refractivity contribution >= 4 is 40.4 Å². The van der Waals surface area contributed by atoms with E-state index in [1.54, 1.807) is 12.1 Å². The van der Waals surface area contributed by atoms with Crippen molar-refractivity contribution in [3.63, 3.8) is 0 Å². The van der Waals surface area contributed by atoms with Crippen molar-refractivity contribution in [2.75, 3.05) is 17.7 Å². The number of allylic oxidation sites excluding steroid dienone is 1. The number of nitrogens with one attached hydrogen (secondary N) is 2. The van der Waals surface area contributed by atoms with Crippen LogP contribution in [0.3, 0.4) is 0 Å². The SMILES string of the molecule is COc1cc([C@H]2Nc3ccccc3NC3=C2C(=O)C[C@H](c2ccccc2Cl)C3)cc(Cl)c1O. The Labute approximate surface area is 202 Å². The van der Waals surface area contributed by atoms with Gasteiger partial charge in [0.05, 0.1) is 29.5 Å². The van der Waals surface area contributed by atoms with E-state index in [9.17, 15) is 9.90 Å². The summed E-state index contributed by atoms with van der Waals surface area (Å²) in [7, 11) is 1.47. The average Bonchev–Trinajstić information content (AvgIpc) is 2.98. The standard InChI is InChI=1S/C26H22Cl2N2O3/c1-33-23-13-15(10-18(28)26(23)32)25-24-21(29-19-8-4-5-9-20(19)30-25)11-14(12-22(24)31)16-6-2-3-7-17(16)27/h2-10,13-14,25,29-30,32H,11-12H2,1H3/t14-,25-/m1/s1. The van der Waals surface area contributed by atoms with Gasteiger partial charge in [-0.15, -0.1) is 0 Å². The maximum absolute atomic E-state index is 13.6. The van der Waals surface area contributed by atoms with Crippen LogP contribution < -0.4 is 15.4 Å². The van der Waals surface area contributed by atoms with E-state index in [0.717, 1.165) is 28.2 Å². The zero-order valence-electron chi connectivity index (χ0n) is 17.9. The number of Topliss-reactive ketones (excluding diaryl/α,β-unsaturated/α-hetero) is 1. The Morgan fingerprint density at radius 1 is 0.970 bits per heavy atom. The van der Waals surface area contributed by atoms with Crippen LogP contribution in [0.1, 0.15) is 35.9 Å². The second-order valence-corrected chi connectivity index (χ2v) is 9.06. The summed E-state index contributed by atoms with van der Waals surface area (Å²) >= 11 is 12.8. The van der Waals surface area contributed by atoms with Crippen molar-refractivity contribution in [1.29, 1.82) is 0 Å². The van der Waals surface area contributed by atoms with E-state index in [4.69, 9.17) is 27.9 Å². The summed E-state index contributed by atoms with van der Waals surface area (Å²) in [5.41, 5.74) is 4.95. The average molecular weight is 481 g/mol. The van der Waals surface area contributed by atoms with Crippen molar-refractivity contribution in [3.05, 3.63) is 93.1 Å². The Morgan fingerprint density at radius 2 is 1.70 bits per heavy atom. The minimum Gasteiger partial charge on any atom is -0.503 e. The molecule has 0 radical (unpaired) electrons. The third-order valence-corrected chi connectivity index (χ3v) is 6.89. The molecule has 1 aliphatic heterocycles. The molecular formula is C26H22Cl2N2O3. The molecule has 0 aromatic heterocycles. The number of rotatable bonds is 3. The minimum absolute atomic E-state index is 0.0266. The number of carbonyl (C=O) groups is 1. The highest BCUT2D eigenvalue weighted by Crippen LogP contribution is 2.47. The Kier molecular flexibility index (Phi) is 5.69. The number of methoxy groups -OCH3 is 1. The topological polar surface area (TPSA) is 70.6 Å². The fourth-order valence-corrected chi connectivity index (χ4v) is 5.19. The minimum atomic E-state index is -0.470. The first-order valence-corrected chi connectivity index (χ1v) is 11.4. The molecule has 5 rings (SSSR count). The second-order valence-electron chi connectivity index (χ2n) is 8.24. The van der Waals surface area contributed by atoms with Gasteiger partial charge in [-0.3, -0.25) is 4.79 Å². The molecule has 2 atom stereocenters. The van der Waals surface area contributed by atoms with Gasteiger partial charge in [-0.05, 0) is 53.8 Å². The number of anilines is 2. The maximum atomic E-state index is 13.6. The summed E-state index contributed by atoms with van der Waals surface area (Å²) in [5, 5.41) is 18.1. The lowest BCUT2D eigenvalue weighted by Crippen LogP contribution is -2.27. The number of hydrogen-bond donors (Lipinski definition) is 3. The molecule has 3 aromatic rings. The molecule has 0 saturated carbocycles. The van der Waals surface area contributed by atoms with Crippen molar-refractivity contribution in [2.45, 2.75) is 24.8 Å². The molecule has 0 spiro atoms. The summed E-state index contributed by atoms with van der Waals surface area (Å²) < 4.78 is 5.32. The van der Waals surface area contributed by atoms with Crippen LogP contribution >= 0.6 is 23.2 Å². The fraction of sp³-hybridized carbons (Fsp3) is 0.192. The van der Waals surface area contributed by atoms with Gasteiger partial charge in [0.2, 0.25) is 0 Å². The molecule has 0 unspecified atom stereocenters. The Balaban J connectivity index is 1.65. The van der Waals surface area contributed by atoms with Gasteiger partial charge in [-0.2, -0.15) is 0 Å². The lowest BCUT2D eigenvalue weighted by Gasteiger charge is -2.30. The van der Waals surface area contributed by atoms with Crippen LogP contribution in [-0.4, -0.2) is 18.0 Å². The molecule has 3 N–H and O–H groups in total. The first-order valence-electron chi connectivity index (χ1n) is 10.7. The van der Waals surface area contributed by atoms with Gasteiger partial charge in [-0.1, -0.05) is 53.5 Å². The smallest absolute Gasteiger partial charge is 0.176 e. The summed E-state index contributed by atoms with van der Waals surface area (Å²) in [5.74, 6) is 0.130. The van der Waals surface area contributed by atoms with Crippen LogP contribution in [0.2, 0.25) is 10.0 Å². The number of benzene rings is 3. The zero-order valence-corrected chi connectivity index (χ0v) is 19.4. The van der Waals surface area contributed by atoms with E-state index in [-0.39, 0.29) is 28.2 Å². The number of carbonyl (C=O) groups excluding carboxylic acids is 1. The normalized spacial score (nSPS) is 19.7. The van der Waals surface area contributed by atoms with E-state index in [0.29, 0.717) is 23.4 Å². The molecule has 2 aliphatic rings. The summed E-state index contributed by atoms with van der Waals surface area (Å²) in [6.45, 7) is 0. The van der Waals surface area contributed by atoms with E-state index < -0.39 is 6.04 Å². The molecule has 7 heteroatoms.